The zero-order valence-corrected chi connectivity index (χ0v) is 19.0. The average molecular weight is 463 g/mol. The maximum Gasteiger partial charge on any atom is 0.225 e. The predicted molar refractivity (Wildman–Crippen MR) is 120 cm³/mol. The summed E-state index contributed by atoms with van der Waals surface area (Å²) in [5.41, 5.74) is 0.573. The Kier molecular flexibility index (Phi) is 5.83. The van der Waals surface area contributed by atoms with Crippen molar-refractivity contribution in [3.05, 3.63) is 28.9 Å². The minimum absolute atomic E-state index is 0.0627. The number of halogens is 1. The van der Waals surface area contributed by atoms with Crippen LogP contribution in [-0.4, -0.2) is 60.2 Å². The molecule has 0 amide bonds. The minimum atomic E-state index is -1.09. The second-order valence-electron chi connectivity index (χ2n) is 8.74. The molecule has 0 aromatic carbocycles. The first-order chi connectivity index (χ1) is 15.1. The molecule has 3 aliphatic rings. The lowest BCUT2D eigenvalue weighted by Gasteiger charge is -2.42. The molecule has 2 fully saturated rings. The summed E-state index contributed by atoms with van der Waals surface area (Å²) in [6, 6.07) is 0. The molecule has 5 rings (SSSR count). The van der Waals surface area contributed by atoms with E-state index < -0.39 is 10.8 Å². The van der Waals surface area contributed by atoms with Gasteiger partial charge in [0.15, 0.2) is 0 Å². The van der Waals surface area contributed by atoms with Gasteiger partial charge in [0.2, 0.25) is 5.95 Å². The zero-order valence-electron chi connectivity index (χ0n) is 17.4. The van der Waals surface area contributed by atoms with Crippen molar-refractivity contribution in [1.82, 2.24) is 19.9 Å². The third-order valence-corrected chi connectivity index (χ3v) is 8.41. The molecule has 1 saturated heterocycles. The lowest BCUT2D eigenvalue weighted by Crippen LogP contribution is -2.49. The molecule has 166 valence electrons. The minimum Gasteiger partial charge on any atom is -0.394 e. The zero-order chi connectivity index (χ0) is 21.4. The fourth-order valence-electron chi connectivity index (χ4n) is 4.65. The van der Waals surface area contributed by atoms with Gasteiger partial charge in [-0.2, -0.15) is 0 Å². The number of aliphatic hydroxyl groups excluding tert-OH is 1. The average Bonchev–Trinajstić information content (AvgIpc) is 2.77. The fourth-order valence-corrected chi connectivity index (χ4v) is 6.08. The van der Waals surface area contributed by atoms with Gasteiger partial charge in [0.1, 0.15) is 16.5 Å². The van der Waals surface area contributed by atoms with Gasteiger partial charge in [-0.3, -0.25) is 4.21 Å². The highest BCUT2D eigenvalue weighted by Gasteiger charge is 2.39. The molecule has 31 heavy (non-hydrogen) atoms. The Hall–Kier alpha value is -1.84. The van der Waals surface area contributed by atoms with Gasteiger partial charge in [0.25, 0.3) is 0 Å². The van der Waals surface area contributed by atoms with Crippen LogP contribution in [0.1, 0.15) is 56.0 Å². The summed E-state index contributed by atoms with van der Waals surface area (Å²) in [6.45, 7) is 1.71. The fraction of sp³-hybridized carbons (Fsp3) is 0.619. The van der Waals surface area contributed by atoms with Crippen molar-refractivity contribution in [3.8, 4) is 0 Å². The van der Waals surface area contributed by atoms with Crippen molar-refractivity contribution >= 4 is 34.2 Å². The monoisotopic (exact) mass is 462 g/mol. The summed E-state index contributed by atoms with van der Waals surface area (Å²) in [7, 11) is -1.09. The van der Waals surface area contributed by atoms with Crippen LogP contribution in [0.15, 0.2) is 17.3 Å². The van der Waals surface area contributed by atoms with Gasteiger partial charge in [0, 0.05) is 24.8 Å². The van der Waals surface area contributed by atoms with Gasteiger partial charge in [0.05, 0.1) is 46.1 Å². The Morgan fingerprint density at radius 1 is 1.19 bits per heavy atom. The van der Waals surface area contributed by atoms with Crippen molar-refractivity contribution in [3.63, 3.8) is 0 Å². The van der Waals surface area contributed by atoms with Gasteiger partial charge in [-0.25, -0.2) is 19.9 Å². The summed E-state index contributed by atoms with van der Waals surface area (Å²) < 4.78 is 12.8. The Morgan fingerprint density at radius 3 is 2.58 bits per heavy atom. The van der Waals surface area contributed by atoms with E-state index in [1.165, 1.54) is 0 Å². The molecule has 8 nitrogen and oxygen atoms in total. The molecule has 0 spiro atoms. The van der Waals surface area contributed by atoms with Crippen LogP contribution < -0.4 is 10.2 Å². The number of nitrogens with one attached hydrogen (secondary N) is 1. The summed E-state index contributed by atoms with van der Waals surface area (Å²) in [5, 5.41) is 13.9. The van der Waals surface area contributed by atoms with E-state index in [0.717, 1.165) is 74.4 Å². The molecule has 0 unspecified atom stereocenters. The van der Waals surface area contributed by atoms with Gasteiger partial charge >= 0.3 is 0 Å². The first-order valence-corrected chi connectivity index (χ1v) is 12.7. The van der Waals surface area contributed by atoms with Crippen LogP contribution in [0.3, 0.4) is 0 Å². The molecule has 1 saturated carbocycles. The van der Waals surface area contributed by atoms with Gasteiger partial charge in [-0.05, 0) is 44.9 Å². The number of hydrogen-bond acceptors (Lipinski definition) is 8. The van der Waals surface area contributed by atoms with Crippen LogP contribution in [0.25, 0.3) is 0 Å². The molecule has 0 bridgehead atoms. The largest absolute Gasteiger partial charge is 0.394 e. The van der Waals surface area contributed by atoms with E-state index in [9.17, 15) is 9.32 Å². The van der Waals surface area contributed by atoms with Crippen LogP contribution in [0.4, 0.5) is 11.8 Å². The lowest BCUT2D eigenvalue weighted by molar-refractivity contribution is 0.143. The maximum atomic E-state index is 12.8. The predicted octanol–water partition coefficient (Wildman–Crippen LogP) is 2.68. The number of piperidine rings is 1. The number of nitrogens with zero attached hydrogens (tertiary/aromatic N) is 5. The lowest BCUT2D eigenvalue weighted by atomic mass is 9.77. The number of aliphatic hydroxyl groups is 1. The molecule has 10 heteroatoms. The second kappa shape index (κ2) is 8.60. The SMILES string of the molecule is O=[S@]1CCCc2nc(C3CCN(c4ncc(Cl)cn4)CC3)nc(NC3(CO)CCC3)c21. The highest BCUT2D eigenvalue weighted by atomic mass is 35.5. The third kappa shape index (κ3) is 4.15. The van der Waals surface area contributed by atoms with E-state index in [1.807, 2.05) is 0 Å². The van der Waals surface area contributed by atoms with Crippen molar-refractivity contribution in [2.24, 2.45) is 0 Å². The topological polar surface area (TPSA) is 104 Å². The smallest absolute Gasteiger partial charge is 0.225 e. The molecular weight excluding hydrogens is 436 g/mol. The highest BCUT2D eigenvalue weighted by molar-refractivity contribution is 7.85. The quantitative estimate of drug-likeness (QED) is 0.698. The van der Waals surface area contributed by atoms with Gasteiger partial charge in [-0.15, -0.1) is 0 Å². The molecule has 2 N–H and O–H groups in total. The number of anilines is 2. The summed E-state index contributed by atoms with van der Waals surface area (Å²) in [4.78, 5) is 21.3. The second-order valence-corrected chi connectivity index (χ2v) is 10.7. The maximum absolute atomic E-state index is 12.8. The number of aryl methyl sites for hydroxylation is 1. The Morgan fingerprint density at radius 2 is 1.94 bits per heavy atom. The van der Waals surface area contributed by atoms with Crippen LogP contribution in [-0.2, 0) is 17.2 Å². The standard InChI is InChI=1S/C21H27ClN6O2S/c22-15-11-23-20(24-12-15)28-8-4-14(5-9-28)18-25-16-3-1-10-31(30)17(16)19(26-18)27-21(13-29)6-2-7-21/h11-12,14,29H,1-10,13H2,(H,25,26,27)/t31-/m0/s1. The van der Waals surface area contributed by atoms with E-state index in [-0.39, 0.29) is 18.1 Å². The first-order valence-electron chi connectivity index (χ1n) is 11.0. The normalized spacial score (nSPS) is 23.2. The van der Waals surface area contributed by atoms with E-state index in [1.54, 1.807) is 12.4 Å². The van der Waals surface area contributed by atoms with Crippen LogP contribution in [0, 0.1) is 0 Å². The van der Waals surface area contributed by atoms with Crippen LogP contribution >= 0.6 is 11.6 Å². The highest BCUT2D eigenvalue weighted by Crippen LogP contribution is 2.38. The summed E-state index contributed by atoms with van der Waals surface area (Å²) >= 11 is 5.90. The van der Waals surface area contributed by atoms with Gasteiger partial charge < -0.3 is 15.3 Å². The molecular formula is C21H27ClN6O2S. The van der Waals surface area contributed by atoms with E-state index in [2.05, 4.69) is 20.2 Å². The molecule has 2 aromatic heterocycles. The summed E-state index contributed by atoms with van der Waals surface area (Å²) in [5.74, 6) is 3.08. The molecule has 4 heterocycles. The van der Waals surface area contributed by atoms with E-state index >= 15 is 0 Å². The Balaban J connectivity index is 1.39. The number of rotatable bonds is 5. The molecule has 0 radical (unpaired) electrons. The van der Waals surface area contributed by atoms with Crippen molar-refractivity contribution < 1.29 is 9.32 Å². The van der Waals surface area contributed by atoms with Crippen molar-refractivity contribution in [1.29, 1.82) is 0 Å². The molecule has 1 atom stereocenters. The van der Waals surface area contributed by atoms with Crippen LogP contribution in [0.5, 0.6) is 0 Å². The Labute approximate surface area is 189 Å². The third-order valence-electron chi connectivity index (χ3n) is 6.67. The first kappa shape index (κ1) is 21.0. The van der Waals surface area contributed by atoms with E-state index in [0.29, 0.717) is 22.5 Å². The van der Waals surface area contributed by atoms with Gasteiger partial charge in [-0.1, -0.05) is 11.6 Å². The Bertz CT molecular complexity index is 971. The van der Waals surface area contributed by atoms with Crippen molar-refractivity contribution in [2.45, 2.75) is 61.3 Å². The molecule has 1 aliphatic carbocycles. The number of fused-ring (bicyclic) bond motifs is 1. The van der Waals surface area contributed by atoms with E-state index in [4.69, 9.17) is 21.6 Å². The number of hydrogen-bond donors (Lipinski definition) is 2. The summed E-state index contributed by atoms with van der Waals surface area (Å²) in [6.07, 6.45) is 9.66. The van der Waals surface area contributed by atoms with Crippen molar-refractivity contribution in [2.75, 3.05) is 35.7 Å². The molecule has 2 aliphatic heterocycles. The number of aromatic nitrogens is 4. The van der Waals surface area contributed by atoms with Crippen LogP contribution in [0.2, 0.25) is 5.02 Å². The molecule has 2 aromatic rings.